The van der Waals surface area contributed by atoms with Crippen LogP contribution in [0.25, 0.3) is 22.6 Å². The van der Waals surface area contributed by atoms with E-state index in [9.17, 15) is 5.26 Å². The molecule has 1 aliphatic heterocycles. The van der Waals surface area contributed by atoms with Gasteiger partial charge in [-0.2, -0.15) is 5.26 Å². The van der Waals surface area contributed by atoms with Gasteiger partial charge in [0, 0.05) is 19.2 Å². The van der Waals surface area contributed by atoms with Gasteiger partial charge in [0.2, 0.25) is 0 Å². The Morgan fingerprint density at radius 3 is 3.09 bits per heavy atom. The molecule has 0 fully saturated rings. The third kappa shape index (κ3) is 1.91. The molecule has 6 nitrogen and oxygen atoms in total. The number of imidazole rings is 1. The van der Waals surface area contributed by atoms with E-state index in [2.05, 4.69) is 38.0 Å². The van der Waals surface area contributed by atoms with Crippen molar-refractivity contribution >= 4 is 16.9 Å². The van der Waals surface area contributed by atoms with Crippen LogP contribution in [0.4, 0.5) is 5.69 Å². The number of aryl methyl sites for hydroxylation is 1. The van der Waals surface area contributed by atoms with Gasteiger partial charge < -0.3 is 9.88 Å². The lowest BCUT2D eigenvalue weighted by Gasteiger charge is -2.29. The maximum absolute atomic E-state index is 9.30. The van der Waals surface area contributed by atoms with Crippen LogP contribution in [-0.4, -0.2) is 33.5 Å². The largest absolute Gasteiger partial charge is 0.374 e. The highest BCUT2D eigenvalue weighted by Gasteiger charge is 2.21. The number of nitrogens with one attached hydrogen (secondary N) is 1. The maximum Gasteiger partial charge on any atom is 0.161 e. The molecule has 22 heavy (non-hydrogen) atoms. The molecule has 2 aromatic heterocycles. The van der Waals surface area contributed by atoms with Gasteiger partial charge in [-0.3, -0.25) is 0 Å². The molecule has 0 unspecified atom stereocenters. The summed E-state index contributed by atoms with van der Waals surface area (Å²) in [7, 11) is 2.08. The van der Waals surface area contributed by atoms with Crippen LogP contribution in [0, 0.1) is 11.3 Å². The summed E-state index contributed by atoms with van der Waals surface area (Å²) in [6.45, 7) is 1.01. The number of hydrogen-bond acceptors (Lipinski definition) is 5. The Morgan fingerprint density at radius 1 is 1.36 bits per heavy atom. The van der Waals surface area contributed by atoms with Crippen molar-refractivity contribution in [2.24, 2.45) is 0 Å². The number of fused-ring (bicyclic) bond motifs is 2. The van der Waals surface area contributed by atoms with Gasteiger partial charge in [-0.15, -0.1) is 0 Å². The van der Waals surface area contributed by atoms with Crippen molar-refractivity contribution in [3.8, 4) is 17.5 Å². The Bertz CT molecular complexity index is 872. The number of nitriles is 1. The number of anilines is 1. The van der Waals surface area contributed by atoms with E-state index in [4.69, 9.17) is 0 Å². The number of H-pyrrole nitrogens is 1. The number of nitrogens with zero attached hydrogens (tertiary/aromatic N) is 5. The third-order valence-corrected chi connectivity index (χ3v) is 4.06. The topological polar surface area (TPSA) is 81.5 Å². The highest BCUT2D eigenvalue weighted by molar-refractivity contribution is 5.83. The number of hydrogen-bond donors (Lipinski definition) is 1. The fourth-order valence-corrected chi connectivity index (χ4v) is 3.09. The van der Waals surface area contributed by atoms with Crippen molar-refractivity contribution in [2.45, 2.75) is 12.8 Å². The molecule has 6 heteroatoms. The van der Waals surface area contributed by atoms with Crippen LogP contribution in [0.3, 0.4) is 0 Å². The summed E-state index contributed by atoms with van der Waals surface area (Å²) in [5, 5.41) is 9.30. The SMILES string of the molecule is CN1CCCc2cc(C#N)cc(-c3nc4cncnc4[nH]3)c21. The summed E-state index contributed by atoms with van der Waals surface area (Å²) >= 11 is 0. The van der Waals surface area contributed by atoms with Gasteiger partial charge in [0.15, 0.2) is 5.65 Å². The molecule has 0 saturated carbocycles. The minimum Gasteiger partial charge on any atom is -0.374 e. The van der Waals surface area contributed by atoms with E-state index in [1.807, 2.05) is 12.1 Å². The molecule has 3 aromatic rings. The molecule has 0 spiro atoms. The first kappa shape index (κ1) is 12.8. The van der Waals surface area contributed by atoms with Crippen molar-refractivity contribution < 1.29 is 0 Å². The van der Waals surface area contributed by atoms with Crippen LogP contribution >= 0.6 is 0 Å². The quantitative estimate of drug-likeness (QED) is 0.743. The molecular formula is C16H14N6. The minimum atomic E-state index is 0.663. The predicted molar refractivity (Wildman–Crippen MR) is 83.4 cm³/mol. The number of benzene rings is 1. The average molecular weight is 290 g/mol. The van der Waals surface area contributed by atoms with E-state index < -0.39 is 0 Å². The predicted octanol–water partition coefficient (Wildman–Crippen LogP) is 2.27. The molecule has 4 rings (SSSR count). The Hall–Kier alpha value is -2.94. The summed E-state index contributed by atoms with van der Waals surface area (Å²) in [6, 6.07) is 6.13. The standard InChI is InChI=1S/C16H14N6/c1-22-4-2-3-11-5-10(7-17)6-12(14(11)22)15-20-13-8-18-9-19-16(13)21-15/h5-6,8-9H,2-4H2,1H3,(H,18,19,20,21). The van der Waals surface area contributed by atoms with Gasteiger partial charge in [0.1, 0.15) is 17.7 Å². The maximum atomic E-state index is 9.30. The Morgan fingerprint density at radius 2 is 2.27 bits per heavy atom. The molecule has 0 saturated heterocycles. The summed E-state index contributed by atoms with van der Waals surface area (Å²) in [6.07, 6.45) is 5.27. The zero-order chi connectivity index (χ0) is 15.1. The summed E-state index contributed by atoms with van der Waals surface area (Å²) in [4.78, 5) is 18.2. The Kier molecular flexibility index (Phi) is 2.79. The van der Waals surface area contributed by atoms with E-state index in [-0.39, 0.29) is 0 Å². The first-order valence-corrected chi connectivity index (χ1v) is 7.20. The van der Waals surface area contributed by atoms with Gasteiger partial charge in [-0.1, -0.05) is 0 Å². The van der Waals surface area contributed by atoms with Gasteiger partial charge in [0.25, 0.3) is 0 Å². The molecule has 0 amide bonds. The Balaban J connectivity index is 1.99. The smallest absolute Gasteiger partial charge is 0.161 e. The summed E-state index contributed by atoms with van der Waals surface area (Å²) in [5.74, 6) is 0.734. The second-order valence-corrected chi connectivity index (χ2v) is 5.51. The lowest BCUT2D eigenvalue weighted by Crippen LogP contribution is -2.25. The third-order valence-electron chi connectivity index (χ3n) is 4.06. The average Bonchev–Trinajstić information content (AvgIpc) is 2.98. The molecule has 3 heterocycles. The lowest BCUT2D eigenvalue weighted by atomic mass is 9.95. The molecule has 1 aliphatic rings. The van der Waals surface area contributed by atoms with Crippen LogP contribution in [0.1, 0.15) is 17.5 Å². The summed E-state index contributed by atoms with van der Waals surface area (Å²) in [5.41, 5.74) is 5.41. The first-order chi connectivity index (χ1) is 10.8. The van der Waals surface area contributed by atoms with Crippen LogP contribution in [0.15, 0.2) is 24.7 Å². The Labute approximate surface area is 127 Å². The van der Waals surface area contributed by atoms with Gasteiger partial charge in [-0.25, -0.2) is 15.0 Å². The molecule has 0 bridgehead atoms. The zero-order valence-electron chi connectivity index (χ0n) is 12.2. The van der Waals surface area contributed by atoms with Crippen LogP contribution < -0.4 is 4.90 Å². The fraction of sp³-hybridized carbons (Fsp3) is 0.250. The minimum absolute atomic E-state index is 0.663. The fourth-order valence-electron chi connectivity index (χ4n) is 3.09. The highest BCUT2D eigenvalue weighted by Crippen LogP contribution is 2.37. The molecule has 1 aromatic carbocycles. The van der Waals surface area contributed by atoms with Crippen LogP contribution in [0.5, 0.6) is 0 Å². The second-order valence-electron chi connectivity index (χ2n) is 5.51. The molecule has 0 aliphatic carbocycles. The van der Waals surface area contributed by atoms with Gasteiger partial charge >= 0.3 is 0 Å². The number of rotatable bonds is 1. The number of aromatic nitrogens is 4. The molecular weight excluding hydrogens is 276 g/mol. The lowest BCUT2D eigenvalue weighted by molar-refractivity contribution is 0.745. The summed E-state index contributed by atoms with van der Waals surface area (Å²) < 4.78 is 0. The van der Waals surface area contributed by atoms with E-state index in [1.54, 1.807) is 6.20 Å². The van der Waals surface area contributed by atoms with Crippen LogP contribution in [-0.2, 0) is 6.42 Å². The first-order valence-electron chi connectivity index (χ1n) is 7.20. The van der Waals surface area contributed by atoms with E-state index in [0.717, 1.165) is 42.0 Å². The normalized spacial score (nSPS) is 13.9. The molecule has 1 N–H and O–H groups in total. The van der Waals surface area contributed by atoms with Gasteiger partial charge in [0.05, 0.1) is 23.5 Å². The number of aromatic amines is 1. The van der Waals surface area contributed by atoms with Crippen molar-refractivity contribution in [1.29, 1.82) is 5.26 Å². The zero-order valence-corrected chi connectivity index (χ0v) is 12.2. The monoisotopic (exact) mass is 290 g/mol. The van der Waals surface area contributed by atoms with Crippen molar-refractivity contribution in [3.63, 3.8) is 0 Å². The molecule has 108 valence electrons. The molecule has 0 radical (unpaired) electrons. The van der Waals surface area contributed by atoms with Gasteiger partial charge in [-0.05, 0) is 30.5 Å². The van der Waals surface area contributed by atoms with E-state index >= 15 is 0 Å². The second kappa shape index (κ2) is 4.81. The van der Waals surface area contributed by atoms with E-state index in [0.29, 0.717) is 11.2 Å². The molecule has 0 atom stereocenters. The van der Waals surface area contributed by atoms with Crippen molar-refractivity contribution in [1.82, 2.24) is 19.9 Å². The van der Waals surface area contributed by atoms with E-state index in [1.165, 1.54) is 11.9 Å². The van der Waals surface area contributed by atoms with Crippen molar-refractivity contribution in [3.05, 3.63) is 35.8 Å². The van der Waals surface area contributed by atoms with Crippen LogP contribution in [0.2, 0.25) is 0 Å². The highest BCUT2D eigenvalue weighted by atomic mass is 15.1. The van der Waals surface area contributed by atoms with Crippen molar-refractivity contribution in [2.75, 3.05) is 18.5 Å².